The summed E-state index contributed by atoms with van der Waals surface area (Å²) in [7, 11) is -0.295. The summed E-state index contributed by atoms with van der Waals surface area (Å²) in [6, 6.07) is 56.7. The summed E-state index contributed by atoms with van der Waals surface area (Å²) in [6.45, 7) is 26.5. The lowest BCUT2D eigenvalue weighted by Crippen LogP contribution is -2.48. The van der Waals surface area contributed by atoms with E-state index in [-0.39, 0.29) is 66.8 Å². The van der Waals surface area contributed by atoms with E-state index in [4.69, 9.17) is 51.3 Å². The first-order valence-corrected chi connectivity index (χ1v) is 46.7. The van der Waals surface area contributed by atoms with E-state index in [9.17, 15) is 34.3 Å². The Labute approximate surface area is 783 Å². The third-order valence-corrected chi connectivity index (χ3v) is 24.9. The van der Waals surface area contributed by atoms with E-state index in [0.29, 0.717) is 153 Å². The van der Waals surface area contributed by atoms with Crippen LogP contribution in [0, 0.1) is 58.2 Å². The fourth-order valence-corrected chi connectivity index (χ4v) is 18.6. The van der Waals surface area contributed by atoms with Gasteiger partial charge < -0.3 is 61.9 Å². The van der Waals surface area contributed by atoms with Gasteiger partial charge in [0.15, 0.2) is 0 Å². The van der Waals surface area contributed by atoms with Gasteiger partial charge in [0.1, 0.15) is 53.9 Å². The number of H-pyrrole nitrogens is 1. The van der Waals surface area contributed by atoms with Crippen LogP contribution in [0.2, 0.25) is 0 Å². The molecule has 18 rings (SSSR count). The number of fused-ring (bicyclic) bond motifs is 4. The maximum absolute atomic E-state index is 12.3. The molecule has 0 amide bonds. The molecular weight excluding hydrogens is 1730 g/mol. The van der Waals surface area contributed by atoms with Crippen molar-refractivity contribution in [2.24, 2.45) is 5.92 Å². The van der Waals surface area contributed by atoms with Crippen molar-refractivity contribution in [3.05, 3.63) is 242 Å². The number of sulfonamides is 1. The topological polar surface area (TPSA) is 435 Å². The largest absolute Gasteiger partial charge is 0.501 e. The quantitative estimate of drug-likeness (QED) is 0.0178. The third kappa shape index (κ3) is 22.5. The normalized spacial score (nSPS) is 15.7. The van der Waals surface area contributed by atoms with Crippen LogP contribution >= 0.6 is 0 Å². The van der Waals surface area contributed by atoms with Gasteiger partial charge in [0.05, 0.1) is 77.6 Å². The number of hydrogen-bond donors (Lipinski definition) is 4. The monoisotopic (exact) mass is 1840 g/mol. The lowest BCUT2D eigenvalue weighted by atomic mass is 9.93. The minimum absolute atomic E-state index is 0.0158. The molecule has 5 aliphatic rings. The number of aryl methyl sites for hydroxylation is 1. The van der Waals surface area contributed by atoms with Crippen LogP contribution in [-0.4, -0.2) is 147 Å². The summed E-state index contributed by atoms with van der Waals surface area (Å²) in [4.78, 5) is 31.9. The van der Waals surface area contributed by atoms with E-state index >= 15 is 0 Å². The average Bonchev–Trinajstić information content (AvgIpc) is 1.63. The molecule has 1 saturated heterocycles. The Morgan fingerprint density at radius 3 is 1.21 bits per heavy atom. The molecule has 8 aromatic carbocycles. The van der Waals surface area contributed by atoms with Crippen molar-refractivity contribution in [1.29, 1.82) is 21.0 Å². The number of esters is 1. The number of carbonyl (C=O) groups is 1. The zero-order valence-corrected chi connectivity index (χ0v) is 78.1. The first-order chi connectivity index (χ1) is 65.3. The molecule has 0 radical (unpaired) electrons. The first-order valence-electron chi connectivity index (χ1n) is 45.0. The number of likely N-dealkylation sites (tertiary alicyclic amines) is 1. The number of ether oxygens (including phenoxy) is 7. The standard InChI is InChI=1S/C27H28N4O3.C26H26N6O2.C25H26N4O4.C24H26N4O5S/c1-16(2)33-25-11-8-18(12-19(25)13-28)27-29-26(30-34-27)23-7-5-6-22-21(23)9-10-24(22)31-14-20(15-31)17(3)32-4;1-15(2)33-24-10-7-17(12-18(24)13-27)26-29-25(32-34-26)22-6-4-5-21-20(22)8-9-23(21)28-14-19-11-16(3)30-31-19;1-15(2)32-23-10-7-17(13-18(23)14-26)25-28-24(29-33-25)21-6-4-5-20-19(21)8-9-22(20)27-11-12-31-16(3)30;1-15(2)32-22-10-7-16(13-17(22)14-25)24-26-23(27-33-24)20-6-4-5-19-18(20)8-9-21(19)28-34(29,30)12-11-31-3/h5-8,11-12,16,20,24H,3,9-10,14-15H2,1-2,4H3;4-7,10-12,15,23,28H,8-9,14H2,1-3H3,(H,30,31);4-7,10,13,15,22,27H,8-9,11-12H2,1-3H3;4-7,10,13,15,21,28H,8-9,11-12H2,1-3H3/t;23-;;21-/m.0.0/s1. The highest BCUT2D eigenvalue weighted by Crippen LogP contribution is 2.46. The van der Waals surface area contributed by atoms with E-state index < -0.39 is 10.0 Å². The number of rotatable bonds is 31. The van der Waals surface area contributed by atoms with Crippen LogP contribution in [0.25, 0.3) is 91.4 Å². The van der Waals surface area contributed by atoms with Crippen molar-refractivity contribution in [2.75, 3.05) is 52.8 Å². The lowest BCUT2D eigenvalue weighted by Gasteiger charge is -2.43. The second kappa shape index (κ2) is 43.0. The Hall–Kier alpha value is -14.6. The third-order valence-electron chi connectivity index (χ3n) is 23.6. The Kier molecular flexibility index (Phi) is 30.3. The molecule has 6 heterocycles. The van der Waals surface area contributed by atoms with Gasteiger partial charge in [-0.1, -0.05) is 100 Å². The number of hydrogen-bond acceptors (Lipinski definition) is 30. The summed E-state index contributed by atoms with van der Waals surface area (Å²) < 4.78 is 87.7. The van der Waals surface area contributed by atoms with E-state index in [1.165, 1.54) is 47.4 Å². The van der Waals surface area contributed by atoms with Crippen molar-refractivity contribution >= 4 is 16.0 Å². The number of benzene rings is 8. The van der Waals surface area contributed by atoms with Crippen LogP contribution in [0.3, 0.4) is 0 Å². The van der Waals surface area contributed by atoms with E-state index in [2.05, 4.69) is 138 Å². The highest BCUT2D eigenvalue weighted by atomic mass is 32.2. The molecule has 694 valence electrons. The van der Waals surface area contributed by atoms with Crippen molar-refractivity contribution in [2.45, 2.75) is 176 Å². The predicted molar refractivity (Wildman–Crippen MR) is 502 cm³/mol. The number of methoxy groups -OCH3 is 2. The van der Waals surface area contributed by atoms with Gasteiger partial charge in [-0.2, -0.15) is 46.1 Å². The molecular formula is C102H106N18O14S. The summed E-state index contributed by atoms with van der Waals surface area (Å²) in [5.41, 5.74) is 19.5. The van der Waals surface area contributed by atoms with Gasteiger partial charge in [0.25, 0.3) is 23.6 Å². The Morgan fingerprint density at radius 2 is 0.859 bits per heavy atom. The molecule has 5 aromatic heterocycles. The van der Waals surface area contributed by atoms with Crippen molar-refractivity contribution in [3.63, 3.8) is 0 Å². The average molecular weight is 1840 g/mol. The van der Waals surface area contributed by atoms with Crippen LogP contribution in [0.15, 0.2) is 182 Å². The molecule has 2 unspecified atom stereocenters. The highest BCUT2D eigenvalue weighted by Gasteiger charge is 2.40. The number of nitrogens with one attached hydrogen (secondary N) is 4. The van der Waals surface area contributed by atoms with Gasteiger partial charge >= 0.3 is 5.97 Å². The number of carbonyl (C=O) groups excluding carboxylic acids is 1. The first kappa shape index (κ1) is 95.1. The Bertz CT molecular complexity index is 6750. The molecule has 0 bridgehead atoms. The van der Waals surface area contributed by atoms with E-state index in [1.54, 1.807) is 61.7 Å². The zero-order chi connectivity index (χ0) is 95.1. The van der Waals surface area contributed by atoms with Gasteiger partial charge in [-0.15, -0.1) is 0 Å². The van der Waals surface area contributed by atoms with Crippen LogP contribution in [0.4, 0.5) is 0 Å². The zero-order valence-electron chi connectivity index (χ0n) is 77.3. The molecule has 4 N–H and O–H groups in total. The molecule has 135 heavy (non-hydrogen) atoms. The van der Waals surface area contributed by atoms with Crippen LogP contribution in [-0.2, 0) is 61.3 Å². The highest BCUT2D eigenvalue weighted by molar-refractivity contribution is 7.89. The number of nitrogens with zero attached hydrogens (tertiary/aromatic N) is 14. The van der Waals surface area contributed by atoms with Gasteiger partial charge in [-0.05, 0) is 237 Å². The molecule has 4 atom stereocenters. The van der Waals surface area contributed by atoms with Gasteiger partial charge in [-0.25, -0.2) is 13.1 Å². The molecule has 4 aliphatic carbocycles. The molecule has 0 spiro atoms. The lowest BCUT2D eigenvalue weighted by molar-refractivity contribution is -0.140. The van der Waals surface area contributed by atoms with Gasteiger partial charge in [-0.3, -0.25) is 14.8 Å². The fraction of sp³-hybridized carbons (Fsp3) is 0.353. The van der Waals surface area contributed by atoms with E-state index in [1.807, 2.05) is 123 Å². The number of aromatic amines is 1. The molecule has 1 aliphatic heterocycles. The van der Waals surface area contributed by atoms with Crippen LogP contribution < -0.4 is 34.3 Å². The second-order valence-corrected chi connectivity index (χ2v) is 36.3. The summed E-state index contributed by atoms with van der Waals surface area (Å²) in [5, 5.41) is 69.3. The van der Waals surface area contributed by atoms with Gasteiger partial charge in [0, 0.05) is 120 Å². The second-order valence-electron chi connectivity index (χ2n) is 34.4. The molecule has 13 aromatic rings. The van der Waals surface area contributed by atoms with E-state index in [0.717, 1.165) is 102 Å². The molecule has 32 nitrogen and oxygen atoms in total. The molecule has 33 heteroatoms. The maximum Gasteiger partial charge on any atom is 0.302 e. The van der Waals surface area contributed by atoms with Crippen molar-refractivity contribution in [1.82, 2.24) is 71.0 Å². The summed E-state index contributed by atoms with van der Waals surface area (Å²) >= 11 is 0. The molecule has 0 saturated carbocycles. The van der Waals surface area contributed by atoms with Crippen LogP contribution in [0.5, 0.6) is 23.0 Å². The van der Waals surface area contributed by atoms with Crippen molar-refractivity contribution < 1.29 is 64.5 Å². The maximum atomic E-state index is 12.3. The van der Waals surface area contributed by atoms with Crippen LogP contribution in [0.1, 0.15) is 190 Å². The minimum Gasteiger partial charge on any atom is -0.501 e. The number of aromatic nitrogens is 10. The SMILES string of the molecule is C=C(OC)C1CN(C2CCc3c(-c4noc(-c5ccc(OC(C)C)c(C#N)c5)n4)cccc32)C1.CC(=O)OCCNC1CCc2c(-c3noc(-c4ccc(OC(C)C)c(C#N)c4)n3)cccc21.COCCS(=O)(=O)N[C@H]1CCc2c(-c3noc(-c4ccc(OC(C)C)c(C#N)c4)n3)cccc21.Cc1cc(CN[C@H]2CCc3c(-c4noc(-c5ccc(OC(C)C)c(C#N)c5)n4)cccc32)n[nH]1. The minimum atomic E-state index is -3.46. The Balaban J connectivity index is 0.000000137. The summed E-state index contributed by atoms with van der Waals surface area (Å²) in [6.07, 6.45) is 7.04. The van der Waals surface area contributed by atoms with Gasteiger partial charge in [0.2, 0.25) is 33.3 Å². The smallest absolute Gasteiger partial charge is 0.302 e. The molecule has 1 fully saturated rings. The predicted octanol–water partition coefficient (Wildman–Crippen LogP) is 17.8. The number of nitriles is 4. The summed E-state index contributed by atoms with van der Waals surface area (Å²) in [5.74, 6) is 6.50. The Morgan fingerprint density at radius 1 is 0.496 bits per heavy atom. The van der Waals surface area contributed by atoms with Crippen molar-refractivity contribution in [3.8, 4) is 139 Å². The fourth-order valence-electron chi connectivity index (χ4n) is 17.4.